The molecule has 0 aliphatic carbocycles. The highest BCUT2D eigenvalue weighted by Crippen LogP contribution is 2.27. The van der Waals surface area contributed by atoms with Gasteiger partial charge in [0.2, 0.25) is 5.89 Å². The van der Waals surface area contributed by atoms with Crippen molar-refractivity contribution in [3.8, 4) is 17.2 Å². The first-order valence-corrected chi connectivity index (χ1v) is 9.64. The third-order valence-corrected chi connectivity index (χ3v) is 4.82. The molecule has 0 saturated carbocycles. The Hall–Kier alpha value is -3.94. The lowest BCUT2D eigenvalue weighted by atomic mass is 10.2. The van der Waals surface area contributed by atoms with Gasteiger partial charge in [0.05, 0.1) is 0 Å². The van der Waals surface area contributed by atoms with Gasteiger partial charge in [0.1, 0.15) is 35.2 Å². The van der Waals surface area contributed by atoms with E-state index in [-0.39, 0.29) is 0 Å². The minimum absolute atomic E-state index is 0.319. The van der Waals surface area contributed by atoms with E-state index < -0.39 is 0 Å². The molecule has 5 aromatic rings. The van der Waals surface area contributed by atoms with Crippen LogP contribution in [0.25, 0.3) is 22.4 Å². The van der Waals surface area contributed by atoms with Gasteiger partial charge >= 0.3 is 0 Å². The molecule has 0 unspecified atom stereocenters. The molecule has 8 heteroatoms. The summed E-state index contributed by atoms with van der Waals surface area (Å²) < 4.78 is 17.7. The van der Waals surface area contributed by atoms with Gasteiger partial charge in [-0.05, 0) is 37.3 Å². The smallest absolute Gasteiger partial charge is 0.226 e. The molecule has 0 fully saturated rings. The second-order valence-electron chi connectivity index (χ2n) is 6.92. The van der Waals surface area contributed by atoms with Gasteiger partial charge in [0.15, 0.2) is 5.82 Å². The average molecular weight is 401 g/mol. The van der Waals surface area contributed by atoms with E-state index >= 15 is 0 Å². The minimum Gasteiger partial charge on any atom is -0.487 e. The van der Waals surface area contributed by atoms with Crippen molar-refractivity contribution in [2.45, 2.75) is 26.4 Å². The Kier molecular flexibility index (Phi) is 4.72. The van der Waals surface area contributed by atoms with Crippen molar-refractivity contribution >= 4 is 11.0 Å². The van der Waals surface area contributed by atoms with Crippen LogP contribution in [-0.2, 0) is 19.4 Å². The zero-order chi connectivity index (χ0) is 20.3. The number of ether oxygens (including phenoxy) is 1. The molecule has 0 aliphatic rings. The number of hydrogen-bond acceptors (Lipinski definition) is 7. The van der Waals surface area contributed by atoms with Gasteiger partial charge in [-0.1, -0.05) is 23.4 Å². The topological polar surface area (TPSA) is 103 Å². The fourth-order valence-corrected chi connectivity index (χ4v) is 3.22. The summed E-state index contributed by atoms with van der Waals surface area (Å²) in [5, 5.41) is 15.0. The number of nitrogens with zero attached hydrogens (tertiary/aromatic N) is 4. The Balaban J connectivity index is 1.27. The van der Waals surface area contributed by atoms with Gasteiger partial charge in [-0.25, -0.2) is 4.98 Å². The molecule has 0 bridgehead atoms. The number of oxazole rings is 1. The van der Waals surface area contributed by atoms with Crippen LogP contribution in [0.1, 0.15) is 23.0 Å². The van der Waals surface area contributed by atoms with Gasteiger partial charge in [-0.3, -0.25) is 0 Å². The molecule has 0 amide bonds. The first-order chi connectivity index (χ1) is 14.7. The number of aromatic nitrogens is 5. The standard InChI is InChI=1S/C22H19N5O3/c1-14-19(23-22(29-14)15-5-3-2-4-6-15)13-28-17-8-7-16-11-18(30-20(16)12-17)9-10-21-24-26-27-25-21/h2-8,11-12H,9-10,13H2,1H3,(H,24,25,26,27). The van der Waals surface area contributed by atoms with Crippen molar-refractivity contribution in [1.82, 2.24) is 25.6 Å². The van der Waals surface area contributed by atoms with E-state index in [1.165, 1.54) is 0 Å². The van der Waals surface area contributed by atoms with Crippen LogP contribution in [0, 0.1) is 6.92 Å². The Morgan fingerprint density at radius 3 is 2.73 bits per heavy atom. The van der Waals surface area contributed by atoms with Gasteiger partial charge in [0.25, 0.3) is 0 Å². The summed E-state index contributed by atoms with van der Waals surface area (Å²) in [6.45, 7) is 2.21. The first kappa shape index (κ1) is 18.1. The monoisotopic (exact) mass is 401 g/mol. The Morgan fingerprint density at radius 2 is 1.90 bits per heavy atom. The van der Waals surface area contributed by atoms with Crippen LogP contribution < -0.4 is 4.74 Å². The fraction of sp³-hybridized carbons (Fsp3) is 0.182. The number of benzene rings is 2. The van der Waals surface area contributed by atoms with Crippen LogP contribution in [0.5, 0.6) is 5.75 Å². The first-order valence-electron chi connectivity index (χ1n) is 9.64. The minimum atomic E-state index is 0.319. The molecule has 5 rings (SSSR count). The van der Waals surface area contributed by atoms with Gasteiger partial charge < -0.3 is 13.6 Å². The maximum absolute atomic E-state index is 5.94. The van der Waals surface area contributed by atoms with Crippen molar-refractivity contribution in [3.05, 3.63) is 77.6 Å². The van der Waals surface area contributed by atoms with Gasteiger partial charge in [-0.15, -0.1) is 10.2 Å². The molecule has 1 N–H and O–H groups in total. The summed E-state index contributed by atoms with van der Waals surface area (Å²) in [7, 11) is 0. The molecule has 0 spiro atoms. The number of hydrogen-bond donors (Lipinski definition) is 1. The molecule has 0 saturated heterocycles. The maximum atomic E-state index is 5.94. The highest BCUT2D eigenvalue weighted by atomic mass is 16.5. The number of nitrogens with one attached hydrogen (secondary N) is 1. The number of fused-ring (bicyclic) bond motifs is 1. The number of tetrazole rings is 1. The maximum Gasteiger partial charge on any atom is 0.226 e. The number of H-pyrrole nitrogens is 1. The van der Waals surface area contributed by atoms with Crippen LogP contribution in [0.3, 0.4) is 0 Å². The fourth-order valence-electron chi connectivity index (χ4n) is 3.22. The summed E-state index contributed by atoms with van der Waals surface area (Å²) in [6.07, 6.45) is 1.36. The Morgan fingerprint density at radius 1 is 1.00 bits per heavy atom. The van der Waals surface area contributed by atoms with Crippen molar-refractivity contribution in [1.29, 1.82) is 0 Å². The van der Waals surface area contributed by atoms with Crippen molar-refractivity contribution in [2.75, 3.05) is 0 Å². The van der Waals surface area contributed by atoms with Gasteiger partial charge in [-0.2, -0.15) is 5.21 Å². The van der Waals surface area contributed by atoms with E-state index in [9.17, 15) is 0 Å². The van der Waals surface area contributed by atoms with Crippen LogP contribution in [-0.4, -0.2) is 25.6 Å². The predicted octanol–water partition coefficient (Wildman–Crippen LogP) is 4.27. The highest BCUT2D eigenvalue weighted by molar-refractivity contribution is 5.79. The lowest BCUT2D eigenvalue weighted by Gasteiger charge is -2.04. The summed E-state index contributed by atoms with van der Waals surface area (Å²) in [5.41, 5.74) is 2.49. The normalized spacial score (nSPS) is 11.2. The zero-order valence-corrected chi connectivity index (χ0v) is 16.3. The second-order valence-corrected chi connectivity index (χ2v) is 6.92. The van der Waals surface area contributed by atoms with Crippen LogP contribution >= 0.6 is 0 Å². The molecule has 0 aliphatic heterocycles. The van der Waals surface area contributed by atoms with Crippen LogP contribution in [0.2, 0.25) is 0 Å². The molecule has 2 aromatic carbocycles. The lowest BCUT2D eigenvalue weighted by molar-refractivity contribution is 0.299. The molecular formula is C22H19N5O3. The van der Waals surface area contributed by atoms with E-state index in [2.05, 4.69) is 25.6 Å². The second kappa shape index (κ2) is 7.82. The molecule has 3 aromatic heterocycles. The number of aryl methyl sites for hydroxylation is 3. The van der Waals surface area contributed by atoms with E-state index in [1.54, 1.807) is 0 Å². The third kappa shape index (κ3) is 3.80. The molecule has 0 radical (unpaired) electrons. The Bertz CT molecular complexity index is 1260. The van der Waals surface area contributed by atoms with Crippen molar-refractivity contribution in [2.24, 2.45) is 0 Å². The Labute approximate surface area is 171 Å². The third-order valence-electron chi connectivity index (χ3n) is 4.82. The highest BCUT2D eigenvalue weighted by Gasteiger charge is 2.13. The van der Waals surface area contributed by atoms with Crippen molar-refractivity contribution < 1.29 is 13.6 Å². The zero-order valence-electron chi connectivity index (χ0n) is 16.3. The molecule has 3 heterocycles. The van der Waals surface area contributed by atoms with E-state index in [4.69, 9.17) is 13.6 Å². The van der Waals surface area contributed by atoms with E-state index in [0.29, 0.717) is 36.9 Å². The van der Waals surface area contributed by atoms with Crippen LogP contribution in [0.15, 0.2) is 63.4 Å². The van der Waals surface area contributed by atoms with Crippen LogP contribution in [0.4, 0.5) is 0 Å². The summed E-state index contributed by atoms with van der Waals surface area (Å²) in [4.78, 5) is 4.58. The predicted molar refractivity (Wildman–Crippen MR) is 109 cm³/mol. The summed E-state index contributed by atoms with van der Waals surface area (Å²) in [6, 6.07) is 17.6. The molecule has 150 valence electrons. The quantitative estimate of drug-likeness (QED) is 0.434. The molecular weight excluding hydrogens is 382 g/mol. The molecule has 30 heavy (non-hydrogen) atoms. The molecule has 8 nitrogen and oxygen atoms in total. The molecule has 0 atom stereocenters. The lowest BCUT2D eigenvalue weighted by Crippen LogP contribution is -1.97. The average Bonchev–Trinajstić information content (AvgIpc) is 3.51. The van der Waals surface area contributed by atoms with Gasteiger partial charge in [0, 0.05) is 29.9 Å². The summed E-state index contributed by atoms with van der Waals surface area (Å²) >= 11 is 0. The number of rotatable bonds is 7. The SMILES string of the molecule is Cc1oc(-c2ccccc2)nc1COc1ccc2cc(CCc3nn[nH]n3)oc2c1. The number of aromatic amines is 1. The number of furan rings is 1. The van der Waals surface area contributed by atoms with Crippen molar-refractivity contribution in [3.63, 3.8) is 0 Å². The van der Waals surface area contributed by atoms with E-state index in [1.807, 2.05) is 61.5 Å². The van der Waals surface area contributed by atoms with E-state index in [0.717, 1.165) is 33.7 Å². The summed E-state index contributed by atoms with van der Waals surface area (Å²) in [5.74, 6) is 3.59. The largest absolute Gasteiger partial charge is 0.487 e.